The van der Waals surface area contributed by atoms with E-state index in [1.165, 1.54) is 7.11 Å². The second kappa shape index (κ2) is 7.13. The third-order valence-electron chi connectivity index (χ3n) is 2.71. The SMILES string of the molecule is COc1ccccc1[C@@H](NC(=O)OC(C)(C)C)[C@@H](O)C(=O)O. The van der Waals surface area contributed by atoms with E-state index in [-0.39, 0.29) is 0 Å². The smallest absolute Gasteiger partial charge is 0.408 e. The molecule has 0 saturated heterocycles. The van der Waals surface area contributed by atoms with Crippen molar-refractivity contribution in [1.29, 1.82) is 0 Å². The summed E-state index contributed by atoms with van der Waals surface area (Å²) in [6, 6.07) is 5.31. The van der Waals surface area contributed by atoms with Crippen molar-refractivity contribution in [2.24, 2.45) is 0 Å². The van der Waals surface area contributed by atoms with Gasteiger partial charge in [-0.25, -0.2) is 9.59 Å². The standard InChI is InChI=1S/C15H21NO6/c1-15(2,3)22-14(20)16-11(12(17)13(18)19)9-7-5-6-8-10(9)21-4/h5-8,11-12,17H,1-4H3,(H,16,20)(H,18,19)/t11-,12-/m1/s1. The first kappa shape index (κ1) is 17.8. The van der Waals surface area contributed by atoms with Crippen molar-refractivity contribution < 1.29 is 29.3 Å². The molecule has 1 aromatic rings. The van der Waals surface area contributed by atoms with Gasteiger partial charge in [0.1, 0.15) is 11.4 Å². The van der Waals surface area contributed by atoms with Crippen LogP contribution in [-0.2, 0) is 9.53 Å². The quantitative estimate of drug-likeness (QED) is 0.764. The number of para-hydroxylation sites is 1. The normalized spacial score (nSPS) is 13.9. The van der Waals surface area contributed by atoms with Crippen molar-refractivity contribution in [1.82, 2.24) is 5.32 Å². The number of carbonyl (C=O) groups is 2. The Hall–Kier alpha value is -2.28. The highest BCUT2D eigenvalue weighted by atomic mass is 16.6. The highest BCUT2D eigenvalue weighted by Gasteiger charge is 2.32. The summed E-state index contributed by atoms with van der Waals surface area (Å²) in [6.45, 7) is 5.04. The van der Waals surface area contributed by atoms with Crippen molar-refractivity contribution in [3.63, 3.8) is 0 Å². The molecular weight excluding hydrogens is 290 g/mol. The van der Waals surface area contributed by atoms with Crippen LogP contribution in [0.15, 0.2) is 24.3 Å². The summed E-state index contributed by atoms with van der Waals surface area (Å²) in [5.74, 6) is -1.11. The van der Waals surface area contributed by atoms with Crippen molar-refractivity contribution in [2.45, 2.75) is 38.5 Å². The molecule has 1 rings (SSSR count). The number of ether oxygens (including phenoxy) is 2. The molecule has 0 aliphatic carbocycles. The van der Waals surface area contributed by atoms with Gasteiger partial charge in [0.25, 0.3) is 0 Å². The summed E-state index contributed by atoms with van der Waals surface area (Å²) in [6.07, 6.45) is -2.67. The fourth-order valence-electron chi connectivity index (χ4n) is 1.83. The second-order valence-corrected chi connectivity index (χ2v) is 5.65. The Bertz CT molecular complexity index is 537. The predicted octanol–water partition coefficient (Wildman–Crippen LogP) is 1.71. The van der Waals surface area contributed by atoms with Gasteiger partial charge in [-0.2, -0.15) is 0 Å². The first-order chi connectivity index (χ1) is 10.2. The molecule has 0 fully saturated rings. The number of hydrogen-bond donors (Lipinski definition) is 3. The van der Waals surface area contributed by atoms with E-state index in [0.29, 0.717) is 11.3 Å². The summed E-state index contributed by atoms with van der Waals surface area (Å²) < 4.78 is 10.2. The van der Waals surface area contributed by atoms with E-state index < -0.39 is 29.8 Å². The van der Waals surface area contributed by atoms with E-state index in [2.05, 4.69) is 5.32 Å². The Labute approximate surface area is 128 Å². The van der Waals surface area contributed by atoms with E-state index in [0.717, 1.165) is 0 Å². The van der Waals surface area contributed by atoms with Gasteiger partial charge in [0.15, 0.2) is 6.10 Å². The van der Waals surface area contributed by atoms with Gasteiger partial charge in [-0.3, -0.25) is 0 Å². The van der Waals surface area contributed by atoms with Crippen LogP contribution < -0.4 is 10.1 Å². The number of benzene rings is 1. The van der Waals surface area contributed by atoms with Gasteiger partial charge < -0.3 is 25.0 Å². The molecule has 0 radical (unpaired) electrons. The average molecular weight is 311 g/mol. The fourth-order valence-corrected chi connectivity index (χ4v) is 1.83. The number of carboxylic acid groups (broad SMARTS) is 1. The van der Waals surface area contributed by atoms with E-state index >= 15 is 0 Å². The maximum atomic E-state index is 11.9. The Morgan fingerprint density at radius 1 is 1.23 bits per heavy atom. The molecule has 7 heteroatoms. The van der Waals surface area contributed by atoms with Crippen LogP contribution in [0.25, 0.3) is 0 Å². The zero-order valence-corrected chi connectivity index (χ0v) is 13.0. The molecule has 1 aromatic carbocycles. The minimum Gasteiger partial charge on any atom is -0.496 e. The summed E-state index contributed by atoms with van der Waals surface area (Å²) in [5.41, 5.74) is -0.408. The van der Waals surface area contributed by atoms with Gasteiger partial charge in [0.05, 0.1) is 13.2 Å². The molecule has 0 spiro atoms. The zero-order valence-electron chi connectivity index (χ0n) is 13.0. The number of rotatable bonds is 5. The van der Waals surface area contributed by atoms with Crippen LogP contribution in [0.4, 0.5) is 4.79 Å². The molecule has 0 unspecified atom stereocenters. The highest BCUT2D eigenvalue weighted by Crippen LogP contribution is 2.27. The number of aliphatic carboxylic acids is 1. The monoisotopic (exact) mass is 311 g/mol. The minimum atomic E-state index is -1.84. The van der Waals surface area contributed by atoms with E-state index in [1.807, 2.05) is 0 Å². The first-order valence-electron chi connectivity index (χ1n) is 6.69. The highest BCUT2D eigenvalue weighted by molar-refractivity contribution is 5.76. The van der Waals surface area contributed by atoms with Gasteiger partial charge in [0.2, 0.25) is 0 Å². The Kier molecular flexibility index (Phi) is 5.76. The molecule has 0 heterocycles. The van der Waals surface area contributed by atoms with Gasteiger partial charge in [-0.1, -0.05) is 18.2 Å². The van der Waals surface area contributed by atoms with Gasteiger partial charge in [-0.05, 0) is 26.8 Å². The lowest BCUT2D eigenvalue weighted by molar-refractivity contribution is -0.148. The number of aliphatic hydroxyl groups is 1. The van der Waals surface area contributed by atoms with E-state index in [4.69, 9.17) is 14.6 Å². The topological polar surface area (TPSA) is 105 Å². The maximum absolute atomic E-state index is 11.9. The second-order valence-electron chi connectivity index (χ2n) is 5.65. The van der Waals surface area contributed by atoms with Crippen molar-refractivity contribution in [3.05, 3.63) is 29.8 Å². The van der Waals surface area contributed by atoms with E-state index in [9.17, 15) is 14.7 Å². The Morgan fingerprint density at radius 2 is 1.82 bits per heavy atom. The van der Waals surface area contributed by atoms with Crippen molar-refractivity contribution in [2.75, 3.05) is 7.11 Å². The van der Waals surface area contributed by atoms with Gasteiger partial charge >= 0.3 is 12.1 Å². The summed E-state index contributed by atoms with van der Waals surface area (Å²) in [7, 11) is 1.41. The molecule has 0 aromatic heterocycles. The van der Waals surface area contributed by atoms with Crippen LogP contribution in [0, 0.1) is 0 Å². The zero-order chi connectivity index (χ0) is 16.9. The largest absolute Gasteiger partial charge is 0.496 e. The number of aliphatic hydroxyl groups excluding tert-OH is 1. The van der Waals surface area contributed by atoms with Crippen LogP contribution in [-0.4, -0.2) is 41.1 Å². The average Bonchev–Trinajstić information content (AvgIpc) is 2.42. The lowest BCUT2D eigenvalue weighted by atomic mass is 10.0. The van der Waals surface area contributed by atoms with Crippen LogP contribution in [0.5, 0.6) is 5.75 Å². The number of hydrogen-bond acceptors (Lipinski definition) is 5. The van der Waals surface area contributed by atoms with Crippen molar-refractivity contribution >= 4 is 12.1 Å². The summed E-state index contributed by atoms with van der Waals surface area (Å²) in [5, 5.41) is 21.3. The molecule has 2 atom stereocenters. The number of methoxy groups -OCH3 is 1. The lowest BCUT2D eigenvalue weighted by Gasteiger charge is -2.26. The summed E-state index contributed by atoms with van der Waals surface area (Å²) >= 11 is 0. The molecule has 0 saturated carbocycles. The number of carboxylic acids is 1. The molecule has 0 aliphatic rings. The summed E-state index contributed by atoms with van der Waals surface area (Å²) in [4.78, 5) is 23.0. The number of amides is 1. The number of carbonyl (C=O) groups excluding carboxylic acids is 1. The third kappa shape index (κ3) is 4.92. The van der Waals surface area contributed by atoms with Gasteiger partial charge in [-0.15, -0.1) is 0 Å². The van der Waals surface area contributed by atoms with Gasteiger partial charge in [0, 0.05) is 5.56 Å². The Morgan fingerprint density at radius 3 is 2.32 bits per heavy atom. The molecule has 1 amide bonds. The first-order valence-corrected chi connectivity index (χ1v) is 6.69. The molecule has 7 nitrogen and oxygen atoms in total. The van der Waals surface area contributed by atoms with Crippen molar-refractivity contribution in [3.8, 4) is 5.75 Å². The van der Waals surface area contributed by atoms with Crippen LogP contribution in [0.2, 0.25) is 0 Å². The van der Waals surface area contributed by atoms with Crippen LogP contribution >= 0.6 is 0 Å². The minimum absolute atomic E-state index is 0.339. The maximum Gasteiger partial charge on any atom is 0.408 e. The fraction of sp³-hybridized carbons (Fsp3) is 0.467. The molecule has 22 heavy (non-hydrogen) atoms. The molecule has 122 valence electrons. The molecule has 0 aliphatic heterocycles. The lowest BCUT2D eigenvalue weighted by Crippen LogP contribution is -2.42. The Balaban J connectivity index is 3.09. The number of alkyl carbamates (subject to hydrolysis) is 1. The third-order valence-corrected chi connectivity index (χ3v) is 2.71. The van der Waals surface area contributed by atoms with Crippen LogP contribution in [0.1, 0.15) is 32.4 Å². The molecule has 0 bridgehead atoms. The van der Waals surface area contributed by atoms with Crippen LogP contribution in [0.3, 0.4) is 0 Å². The van der Waals surface area contributed by atoms with E-state index in [1.54, 1.807) is 45.0 Å². The molecule has 3 N–H and O–H groups in total. The number of nitrogens with one attached hydrogen (secondary N) is 1. The predicted molar refractivity (Wildman–Crippen MR) is 78.7 cm³/mol. The molecular formula is C15H21NO6.